The molecule has 2 rings (SSSR count). The standard InChI is InChI=1S/C14H21N3O2S/c1-2-19-11-3-4-12(15)13(9-11)20-10-14(18)17-7-5-16-6-8-17/h3-4,9,16H,2,5-8,10,15H2,1H3. The summed E-state index contributed by atoms with van der Waals surface area (Å²) in [5.74, 6) is 1.37. The molecule has 3 N–H and O–H groups in total. The van der Waals surface area contributed by atoms with Gasteiger partial charge in [-0.3, -0.25) is 4.79 Å². The number of rotatable bonds is 5. The van der Waals surface area contributed by atoms with E-state index in [1.165, 1.54) is 11.8 Å². The zero-order valence-corrected chi connectivity index (χ0v) is 12.5. The molecule has 0 spiro atoms. The lowest BCUT2D eigenvalue weighted by atomic mass is 10.3. The lowest BCUT2D eigenvalue weighted by Crippen LogP contribution is -2.47. The molecule has 1 aliphatic heterocycles. The van der Waals surface area contributed by atoms with E-state index in [1.54, 1.807) is 0 Å². The molecule has 1 aromatic rings. The molecule has 1 amide bonds. The highest BCUT2D eigenvalue weighted by Gasteiger charge is 2.16. The molecule has 0 bridgehead atoms. The van der Waals surface area contributed by atoms with Crippen LogP contribution in [0.3, 0.4) is 0 Å². The lowest BCUT2D eigenvalue weighted by molar-refractivity contribution is -0.128. The van der Waals surface area contributed by atoms with E-state index in [0.717, 1.165) is 36.8 Å². The number of benzene rings is 1. The number of amides is 1. The number of hydrogen-bond acceptors (Lipinski definition) is 5. The molecule has 0 saturated carbocycles. The Morgan fingerprint density at radius 1 is 1.45 bits per heavy atom. The van der Waals surface area contributed by atoms with Gasteiger partial charge < -0.3 is 20.7 Å². The van der Waals surface area contributed by atoms with E-state index in [0.29, 0.717) is 18.0 Å². The average Bonchev–Trinajstić information content (AvgIpc) is 2.48. The van der Waals surface area contributed by atoms with E-state index in [4.69, 9.17) is 10.5 Å². The van der Waals surface area contributed by atoms with E-state index in [9.17, 15) is 4.79 Å². The summed E-state index contributed by atoms with van der Waals surface area (Å²) in [5.41, 5.74) is 6.63. The molecule has 6 heteroatoms. The zero-order valence-electron chi connectivity index (χ0n) is 11.7. The molecule has 0 aromatic heterocycles. The Kier molecular flexibility index (Phi) is 5.55. The van der Waals surface area contributed by atoms with Crippen LogP contribution in [0.25, 0.3) is 0 Å². The van der Waals surface area contributed by atoms with Gasteiger partial charge in [-0.15, -0.1) is 11.8 Å². The minimum atomic E-state index is 0.165. The van der Waals surface area contributed by atoms with Gasteiger partial charge in [-0.2, -0.15) is 0 Å². The molecule has 0 unspecified atom stereocenters. The van der Waals surface area contributed by atoms with Crippen LogP contribution in [-0.2, 0) is 4.79 Å². The van der Waals surface area contributed by atoms with Crippen molar-refractivity contribution < 1.29 is 9.53 Å². The summed E-state index contributed by atoms with van der Waals surface area (Å²) in [6.45, 7) is 5.88. The second-order valence-corrected chi connectivity index (χ2v) is 5.57. The maximum absolute atomic E-state index is 12.1. The van der Waals surface area contributed by atoms with Crippen molar-refractivity contribution in [3.05, 3.63) is 18.2 Å². The number of nitrogens with one attached hydrogen (secondary N) is 1. The van der Waals surface area contributed by atoms with Gasteiger partial charge in [-0.25, -0.2) is 0 Å². The Hall–Kier alpha value is -1.40. The number of hydrogen-bond donors (Lipinski definition) is 2. The molecular formula is C14H21N3O2S. The Bertz CT molecular complexity index is 462. The molecule has 0 aliphatic carbocycles. The van der Waals surface area contributed by atoms with Gasteiger partial charge in [-0.05, 0) is 25.1 Å². The van der Waals surface area contributed by atoms with Crippen LogP contribution in [0.15, 0.2) is 23.1 Å². The third-order valence-electron chi connectivity index (χ3n) is 3.12. The summed E-state index contributed by atoms with van der Waals surface area (Å²) in [4.78, 5) is 14.9. The lowest BCUT2D eigenvalue weighted by Gasteiger charge is -2.27. The summed E-state index contributed by atoms with van der Waals surface area (Å²) in [6, 6.07) is 5.57. The Morgan fingerprint density at radius 2 is 2.20 bits per heavy atom. The molecule has 5 nitrogen and oxygen atoms in total. The molecule has 1 aliphatic rings. The number of thioether (sulfide) groups is 1. The third-order valence-corrected chi connectivity index (χ3v) is 4.17. The van der Waals surface area contributed by atoms with Gasteiger partial charge in [-0.1, -0.05) is 0 Å². The second-order valence-electron chi connectivity index (χ2n) is 4.55. The molecular weight excluding hydrogens is 274 g/mol. The van der Waals surface area contributed by atoms with E-state index in [-0.39, 0.29) is 5.91 Å². The highest BCUT2D eigenvalue weighted by atomic mass is 32.2. The first-order valence-electron chi connectivity index (χ1n) is 6.84. The van der Waals surface area contributed by atoms with Crippen LogP contribution in [0.1, 0.15) is 6.92 Å². The van der Waals surface area contributed by atoms with Gasteiger partial charge in [0.15, 0.2) is 0 Å². The number of carbonyl (C=O) groups is 1. The Morgan fingerprint density at radius 3 is 2.90 bits per heavy atom. The number of ether oxygens (including phenoxy) is 1. The van der Waals surface area contributed by atoms with Crippen LogP contribution in [0.2, 0.25) is 0 Å². The monoisotopic (exact) mass is 295 g/mol. The molecule has 1 fully saturated rings. The highest BCUT2D eigenvalue weighted by molar-refractivity contribution is 8.00. The van der Waals surface area contributed by atoms with Gasteiger partial charge in [0.05, 0.1) is 12.4 Å². The first-order valence-corrected chi connectivity index (χ1v) is 7.83. The van der Waals surface area contributed by atoms with Crippen molar-refractivity contribution in [2.75, 3.05) is 44.3 Å². The van der Waals surface area contributed by atoms with Crippen molar-refractivity contribution in [1.29, 1.82) is 0 Å². The fourth-order valence-electron chi connectivity index (χ4n) is 2.04. The highest BCUT2D eigenvalue weighted by Crippen LogP contribution is 2.29. The average molecular weight is 295 g/mol. The third kappa shape index (κ3) is 4.05. The Balaban J connectivity index is 1.92. The summed E-state index contributed by atoms with van der Waals surface area (Å²) in [7, 11) is 0. The molecule has 0 radical (unpaired) electrons. The molecule has 0 atom stereocenters. The van der Waals surface area contributed by atoms with E-state index >= 15 is 0 Å². The van der Waals surface area contributed by atoms with Gasteiger partial charge in [0.2, 0.25) is 5.91 Å². The minimum Gasteiger partial charge on any atom is -0.494 e. The van der Waals surface area contributed by atoms with Crippen LogP contribution in [0.4, 0.5) is 5.69 Å². The van der Waals surface area contributed by atoms with E-state index < -0.39 is 0 Å². The first kappa shape index (κ1) is 15.0. The van der Waals surface area contributed by atoms with Crippen LogP contribution < -0.4 is 15.8 Å². The van der Waals surface area contributed by atoms with Crippen LogP contribution in [0, 0.1) is 0 Å². The number of piperazine rings is 1. The van der Waals surface area contributed by atoms with Crippen LogP contribution >= 0.6 is 11.8 Å². The summed E-state index contributed by atoms with van der Waals surface area (Å²) >= 11 is 1.47. The smallest absolute Gasteiger partial charge is 0.233 e. The van der Waals surface area contributed by atoms with Gasteiger partial charge in [0.25, 0.3) is 0 Å². The van der Waals surface area contributed by atoms with Gasteiger partial charge in [0, 0.05) is 36.8 Å². The summed E-state index contributed by atoms with van der Waals surface area (Å²) in [5, 5.41) is 3.24. The van der Waals surface area contributed by atoms with Crippen molar-refractivity contribution in [2.24, 2.45) is 0 Å². The number of nitrogen functional groups attached to an aromatic ring is 1. The SMILES string of the molecule is CCOc1ccc(N)c(SCC(=O)N2CCNCC2)c1. The summed E-state index contributed by atoms with van der Waals surface area (Å²) in [6.07, 6.45) is 0. The molecule has 1 saturated heterocycles. The quantitative estimate of drug-likeness (QED) is 0.631. The minimum absolute atomic E-state index is 0.165. The first-order chi connectivity index (χ1) is 9.70. The zero-order chi connectivity index (χ0) is 14.4. The fourth-order valence-corrected chi connectivity index (χ4v) is 2.94. The van der Waals surface area contributed by atoms with Crippen molar-refractivity contribution in [3.63, 3.8) is 0 Å². The van der Waals surface area contributed by atoms with Crippen molar-refractivity contribution in [1.82, 2.24) is 10.2 Å². The predicted octanol–water partition coefficient (Wildman–Crippen LogP) is 1.19. The van der Waals surface area contributed by atoms with Crippen molar-refractivity contribution in [2.45, 2.75) is 11.8 Å². The normalized spacial score (nSPS) is 15.2. The van der Waals surface area contributed by atoms with E-state index in [1.807, 2.05) is 30.0 Å². The maximum Gasteiger partial charge on any atom is 0.233 e. The number of nitrogens with two attached hydrogens (primary N) is 1. The molecule has 1 aromatic carbocycles. The fraction of sp³-hybridized carbons (Fsp3) is 0.500. The second kappa shape index (κ2) is 7.40. The molecule has 1 heterocycles. The number of nitrogens with zero attached hydrogens (tertiary/aromatic N) is 1. The van der Waals surface area contributed by atoms with Crippen LogP contribution in [-0.4, -0.2) is 49.3 Å². The number of anilines is 1. The molecule has 110 valence electrons. The summed E-state index contributed by atoms with van der Waals surface area (Å²) < 4.78 is 5.45. The topological polar surface area (TPSA) is 67.6 Å². The maximum atomic E-state index is 12.1. The van der Waals surface area contributed by atoms with Gasteiger partial charge >= 0.3 is 0 Å². The van der Waals surface area contributed by atoms with Crippen molar-refractivity contribution in [3.8, 4) is 5.75 Å². The predicted molar refractivity (Wildman–Crippen MR) is 82.2 cm³/mol. The Labute approximate surface area is 123 Å². The van der Waals surface area contributed by atoms with E-state index in [2.05, 4.69) is 5.32 Å². The largest absolute Gasteiger partial charge is 0.494 e. The number of carbonyl (C=O) groups excluding carboxylic acids is 1. The molecule has 20 heavy (non-hydrogen) atoms. The van der Waals surface area contributed by atoms with Gasteiger partial charge in [0.1, 0.15) is 5.75 Å². The van der Waals surface area contributed by atoms with Crippen molar-refractivity contribution >= 4 is 23.4 Å². The van der Waals surface area contributed by atoms with Crippen LogP contribution in [0.5, 0.6) is 5.75 Å².